The van der Waals surface area contributed by atoms with Gasteiger partial charge in [0, 0.05) is 31.9 Å². The van der Waals surface area contributed by atoms with Gasteiger partial charge < -0.3 is 14.7 Å². The van der Waals surface area contributed by atoms with E-state index in [0.29, 0.717) is 42.6 Å². The standard InChI is InChI=1S/C18H22N4O3S/c1-12-10-15(21-25-12)16(23)20-11-13-5-8-22(9-6-13)18(24)14-4-3-7-19-17(14)26-2/h3-4,7,10,13H,5-6,8-9,11H2,1-2H3,(H,20,23). The Morgan fingerprint density at radius 3 is 2.81 bits per heavy atom. The third-order valence-electron chi connectivity index (χ3n) is 4.51. The number of amides is 2. The van der Waals surface area contributed by atoms with Crippen molar-refractivity contribution in [3.63, 3.8) is 0 Å². The van der Waals surface area contributed by atoms with Crippen molar-refractivity contribution in [1.82, 2.24) is 20.4 Å². The average molecular weight is 374 g/mol. The smallest absolute Gasteiger partial charge is 0.273 e. The van der Waals surface area contributed by atoms with Crippen molar-refractivity contribution in [2.45, 2.75) is 24.8 Å². The molecular formula is C18H22N4O3S. The molecule has 0 aromatic carbocycles. The first kappa shape index (κ1) is 18.4. The molecule has 1 aliphatic heterocycles. The van der Waals surface area contributed by atoms with E-state index in [9.17, 15) is 9.59 Å². The summed E-state index contributed by atoms with van der Waals surface area (Å²) in [6.45, 7) is 3.70. The van der Waals surface area contributed by atoms with Gasteiger partial charge in [0.25, 0.3) is 11.8 Å². The maximum absolute atomic E-state index is 12.7. The molecular weight excluding hydrogens is 352 g/mol. The van der Waals surface area contributed by atoms with Crippen molar-refractivity contribution in [2.24, 2.45) is 5.92 Å². The topological polar surface area (TPSA) is 88.3 Å². The molecule has 0 spiro atoms. The summed E-state index contributed by atoms with van der Waals surface area (Å²) >= 11 is 1.48. The molecule has 3 heterocycles. The third-order valence-corrected chi connectivity index (χ3v) is 5.22. The van der Waals surface area contributed by atoms with Gasteiger partial charge in [0.2, 0.25) is 0 Å². The van der Waals surface area contributed by atoms with Crippen LogP contribution >= 0.6 is 11.8 Å². The molecule has 1 fully saturated rings. The van der Waals surface area contributed by atoms with E-state index in [1.54, 1.807) is 25.3 Å². The molecule has 0 saturated carbocycles. The maximum atomic E-state index is 12.7. The number of hydrogen-bond acceptors (Lipinski definition) is 6. The van der Waals surface area contributed by atoms with Crippen LogP contribution in [0.15, 0.2) is 33.9 Å². The van der Waals surface area contributed by atoms with Crippen LogP contribution in [0.2, 0.25) is 0 Å². The Kier molecular flexibility index (Phi) is 5.92. The summed E-state index contributed by atoms with van der Waals surface area (Å²) in [4.78, 5) is 30.9. The van der Waals surface area contributed by atoms with Gasteiger partial charge in [-0.05, 0) is 44.1 Å². The summed E-state index contributed by atoms with van der Waals surface area (Å²) in [5.41, 5.74) is 0.962. The molecule has 26 heavy (non-hydrogen) atoms. The van der Waals surface area contributed by atoms with Gasteiger partial charge in [-0.2, -0.15) is 0 Å². The zero-order chi connectivity index (χ0) is 18.5. The molecule has 8 heteroatoms. The fraction of sp³-hybridized carbons (Fsp3) is 0.444. The molecule has 1 N–H and O–H groups in total. The quantitative estimate of drug-likeness (QED) is 0.809. The molecule has 0 radical (unpaired) electrons. The van der Waals surface area contributed by atoms with E-state index in [1.165, 1.54) is 11.8 Å². The van der Waals surface area contributed by atoms with Gasteiger partial charge >= 0.3 is 0 Å². The van der Waals surface area contributed by atoms with E-state index in [1.807, 2.05) is 17.2 Å². The lowest BCUT2D eigenvalue weighted by molar-refractivity contribution is 0.0679. The number of likely N-dealkylation sites (tertiary alicyclic amines) is 1. The number of hydrogen-bond donors (Lipinski definition) is 1. The number of nitrogens with one attached hydrogen (secondary N) is 1. The molecule has 138 valence electrons. The summed E-state index contributed by atoms with van der Waals surface area (Å²) in [5, 5.41) is 7.37. The van der Waals surface area contributed by atoms with Crippen LogP contribution in [0.25, 0.3) is 0 Å². The van der Waals surface area contributed by atoms with E-state index in [-0.39, 0.29) is 11.8 Å². The predicted octanol–water partition coefficient (Wildman–Crippen LogP) is 2.38. The minimum absolute atomic E-state index is 0.0306. The van der Waals surface area contributed by atoms with E-state index >= 15 is 0 Å². The lowest BCUT2D eigenvalue weighted by Crippen LogP contribution is -2.41. The number of pyridine rings is 1. The highest BCUT2D eigenvalue weighted by Gasteiger charge is 2.25. The van der Waals surface area contributed by atoms with Crippen LogP contribution in [-0.4, -0.2) is 52.7 Å². The van der Waals surface area contributed by atoms with Crippen LogP contribution in [0, 0.1) is 12.8 Å². The van der Waals surface area contributed by atoms with Crippen molar-refractivity contribution in [3.8, 4) is 0 Å². The molecule has 0 aliphatic carbocycles. The summed E-state index contributed by atoms with van der Waals surface area (Å²) in [7, 11) is 0. The number of aryl methyl sites for hydroxylation is 1. The fourth-order valence-corrected chi connectivity index (χ4v) is 3.57. The number of carbonyl (C=O) groups excluding carboxylic acids is 2. The number of nitrogens with zero attached hydrogens (tertiary/aromatic N) is 3. The zero-order valence-electron chi connectivity index (χ0n) is 14.9. The highest BCUT2D eigenvalue weighted by Crippen LogP contribution is 2.22. The first-order chi connectivity index (χ1) is 12.6. The minimum atomic E-state index is -0.222. The number of rotatable bonds is 5. The summed E-state index contributed by atoms with van der Waals surface area (Å²) < 4.78 is 4.92. The highest BCUT2D eigenvalue weighted by atomic mass is 32.2. The van der Waals surface area contributed by atoms with Crippen LogP contribution in [0.3, 0.4) is 0 Å². The monoisotopic (exact) mass is 374 g/mol. The third kappa shape index (κ3) is 4.24. The fourth-order valence-electron chi connectivity index (χ4n) is 3.03. The molecule has 1 saturated heterocycles. The Labute approximate surface area is 156 Å². The molecule has 1 aliphatic rings. The number of piperidine rings is 1. The molecule has 2 aromatic rings. The van der Waals surface area contributed by atoms with Gasteiger partial charge in [0.1, 0.15) is 10.8 Å². The Balaban J connectivity index is 1.49. The van der Waals surface area contributed by atoms with Crippen LogP contribution in [-0.2, 0) is 0 Å². The Morgan fingerprint density at radius 1 is 1.38 bits per heavy atom. The molecule has 2 amide bonds. The van der Waals surface area contributed by atoms with Crippen molar-refractivity contribution in [3.05, 3.63) is 41.4 Å². The molecule has 3 rings (SSSR count). The lowest BCUT2D eigenvalue weighted by atomic mass is 9.96. The molecule has 0 unspecified atom stereocenters. The highest BCUT2D eigenvalue weighted by molar-refractivity contribution is 7.98. The van der Waals surface area contributed by atoms with Crippen molar-refractivity contribution in [1.29, 1.82) is 0 Å². The second-order valence-corrected chi connectivity index (χ2v) is 7.12. The van der Waals surface area contributed by atoms with Gasteiger partial charge in [0.05, 0.1) is 5.56 Å². The van der Waals surface area contributed by atoms with Crippen molar-refractivity contribution < 1.29 is 14.1 Å². The van der Waals surface area contributed by atoms with Crippen LogP contribution in [0.5, 0.6) is 0 Å². The second-order valence-electron chi connectivity index (χ2n) is 6.33. The molecule has 0 bridgehead atoms. The first-order valence-corrected chi connectivity index (χ1v) is 9.80. The number of aromatic nitrogens is 2. The van der Waals surface area contributed by atoms with Crippen molar-refractivity contribution in [2.75, 3.05) is 25.9 Å². The molecule has 7 nitrogen and oxygen atoms in total. The first-order valence-electron chi connectivity index (χ1n) is 8.58. The van der Waals surface area contributed by atoms with Gasteiger partial charge in [0.15, 0.2) is 5.69 Å². The Hall–Kier alpha value is -2.35. The van der Waals surface area contributed by atoms with Gasteiger partial charge in [-0.25, -0.2) is 4.98 Å². The summed E-state index contributed by atoms with van der Waals surface area (Å²) in [5.74, 6) is 0.773. The predicted molar refractivity (Wildman–Crippen MR) is 98.2 cm³/mol. The normalized spacial score (nSPS) is 15.1. The SMILES string of the molecule is CSc1ncccc1C(=O)N1CCC(CNC(=O)c2cc(C)on2)CC1. The van der Waals surface area contributed by atoms with Crippen LogP contribution < -0.4 is 5.32 Å². The zero-order valence-corrected chi connectivity index (χ0v) is 15.7. The van der Waals surface area contributed by atoms with E-state index in [2.05, 4.69) is 15.5 Å². The second kappa shape index (κ2) is 8.35. The van der Waals surface area contributed by atoms with Crippen molar-refractivity contribution >= 4 is 23.6 Å². The van der Waals surface area contributed by atoms with Crippen LogP contribution in [0.4, 0.5) is 0 Å². The average Bonchev–Trinajstić information content (AvgIpc) is 3.12. The van der Waals surface area contributed by atoms with Gasteiger partial charge in [-0.15, -0.1) is 11.8 Å². The number of thioether (sulfide) groups is 1. The Bertz CT molecular complexity index is 784. The summed E-state index contributed by atoms with van der Waals surface area (Å²) in [6, 6.07) is 5.24. The van der Waals surface area contributed by atoms with Gasteiger partial charge in [-0.1, -0.05) is 5.16 Å². The lowest BCUT2D eigenvalue weighted by Gasteiger charge is -2.32. The van der Waals surface area contributed by atoms with E-state index in [4.69, 9.17) is 4.52 Å². The Morgan fingerprint density at radius 2 is 2.15 bits per heavy atom. The summed E-state index contributed by atoms with van der Waals surface area (Å²) in [6.07, 6.45) is 5.34. The van der Waals surface area contributed by atoms with E-state index < -0.39 is 0 Å². The minimum Gasteiger partial charge on any atom is -0.361 e. The van der Waals surface area contributed by atoms with Gasteiger partial charge in [-0.3, -0.25) is 9.59 Å². The van der Waals surface area contributed by atoms with E-state index in [0.717, 1.165) is 17.9 Å². The largest absolute Gasteiger partial charge is 0.361 e. The molecule has 0 atom stereocenters. The number of carbonyl (C=O) groups is 2. The maximum Gasteiger partial charge on any atom is 0.273 e. The molecule has 2 aromatic heterocycles. The van der Waals surface area contributed by atoms with Crippen LogP contribution in [0.1, 0.15) is 39.4 Å².